The van der Waals surface area contributed by atoms with E-state index in [0.29, 0.717) is 0 Å². The van der Waals surface area contributed by atoms with Crippen molar-refractivity contribution in [3.63, 3.8) is 0 Å². The molecule has 0 radical (unpaired) electrons. The minimum Gasteiger partial charge on any atom is -0.450 e. The van der Waals surface area contributed by atoms with Crippen LogP contribution in [0.1, 0.15) is 5.56 Å². The number of hydrogen-bond acceptors (Lipinski definition) is 3. The zero-order valence-corrected chi connectivity index (χ0v) is 9.89. The standard InChI is InChI=1S/C11H16N2.CH2O3/c1-10-3-2-4-11(9-10)13-7-5-12-6-8-13;2-1(3)4/h2-4,9,12H,5-8H2,1H3;(H2,2,3,4). The fraction of sp³-hybridized carbons (Fsp3) is 0.417. The normalized spacial score (nSPS) is 14.8. The van der Waals surface area contributed by atoms with Gasteiger partial charge in [-0.3, -0.25) is 0 Å². The first kappa shape index (κ1) is 13.3. The molecule has 3 N–H and O–H groups in total. The molecule has 0 saturated carbocycles. The van der Waals surface area contributed by atoms with Gasteiger partial charge in [0.2, 0.25) is 0 Å². The number of nitrogens with zero attached hydrogens (tertiary/aromatic N) is 1. The SMILES string of the molecule is Cc1cccc(N2CCNCC2)c1.O=C(O)O. The van der Waals surface area contributed by atoms with Crippen LogP contribution >= 0.6 is 0 Å². The van der Waals surface area contributed by atoms with Crippen LogP contribution < -0.4 is 10.2 Å². The van der Waals surface area contributed by atoms with E-state index < -0.39 is 6.16 Å². The molecule has 0 spiro atoms. The Kier molecular flexibility index (Phi) is 5.29. The minimum absolute atomic E-state index is 1.11. The van der Waals surface area contributed by atoms with Crippen LogP contribution in [0.4, 0.5) is 10.5 Å². The molecule has 1 aliphatic rings. The Balaban J connectivity index is 0.000000317. The Morgan fingerprint density at radius 1 is 1.29 bits per heavy atom. The molecule has 5 nitrogen and oxygen atoms in total. The molecule has 0 aromatic heterocycles. The first-order chi connectivity index (χ1) is 8.09. The number of anilines is 1. The zero-order valence-electron chi connectivity index (χ0n) is 9.89. The number of aryl methyl sites for hydroxylation is 1. The molecule has 94 valence electrons. The van der Waals surface area contributed by atoms with Gasteiger partial charge < -0.3 is 20.4 Å². The molecule has 17 heavy (non-hydrogen) atoms. The number of carbonyl (C=O) groups is 1. The molecule has 1 fully saturated rings. The Bertz CT molecular complexity index is 359. The van der Waals surface area contributed by atoms with E-state index in [0.717, 1.165) is 26.2 Å². The van der Waals surface area contributed by atoms with E-state index in [4.69, 9.17) is 15.0 Å². The summed E-state index contributed by atoms with van der Waals surface area (Å²) >= 11 is 0. The number of hydrogen-bond donors (Lipinski definition) is 3. The quantitative estimate of drug-likeness (QED) is 0.693. The van der Waals surface area contributed by atoms with Gasteiger partial charge in [0.1, 0.15) is 0 Å². The summed E-state index contributed by atoms with van der Waals surface area (Å²) in [4.78, 5) is 11.0. The van der Waals surface area contributed by atoms with Gasteiger partial charge in [0.15, 0.2) is 0 Å². The van der Waals surface area contributed by atoms with E-state index in [9.17, 15) is 0 Å². The fourth-order valence-corrected chi connectivity index (χ4v) is 1.75. The van der Waals surface area contributed by atoms with Crippen molar-refractivity contribution in [1.29, 1.82) is 0 Å². The van der Waals surface area contributed by atoms with Gasteiger partial charge in [0.05, 0.1) is 0 Å². The van der Waals surface area contributed by atoms with Gasteiger partial charge in [-0.15, -0.1) is 0 Å². The lowest BCUT2D eigenvalue weighted by atomic mass is 10.2. The third-order valence-corrected chi connectivity index (χ3v) is 2.48. The Morgan fingerprint density at radius 3 is 2.41 bits per heavy atom. The van der Waals surface area contributed by atoms with Crippen LogP contribution in [0.2, 0.25) is 0 Å². The largest absolute Gasteiger partial charge is 0.503 e. The number of carboxylic acid groups (broad SMARTS) is 2. The van der Waals surface area contributed by atoms with Gasteiger partial charge in [-0.1, -0.05) is 12.1 Å². The van der Waals surface area contributed by atoms with E-state index in [1.165, 1.54) is 11.3 Å². The summed E-state index contributed by atoms with van der Waals surface area (Å²) in [7, 11) is 0. The van der Waals surface area contributed by atoms with Crippen LogP contribution in [0.15, 0.2) is 24.3 Å². The molecule has 2 rings (SSSR count). The van der Waals surface area contributed by atoms with Crippen molar-refractivity contribution >= 4 is 11.8 Å². The van der Waals surface area contributed by atoms with E-state index in [1.807, 2.05) is 0 Å². The Morgan fingerprint density at radius 2 is 1.88 bits per heavy atom. The lowest BCUT2D eigenvalue weighted by Crippen LogP contribution is -2.43. The van der Waals surface area contributed by atoms with Gasteiger partial charge >= 0.3 is 6.16 Å². The monoisotopic (exact) mass is 238 g/mol. The molecule has 0 amide bonds. The van der Waals surface area contributed by atoms with E-state index in [2.05, 4.69) is 41.4 Å². The summed E-state index contributed by atoms with van der Waals surface area (Å²) in [6, 6.07) is 8.72. The van der Waals surface area contributed by atoms with Crippen molar-refractivity contribution < 1.29 is 15.0 Å². The fourth-order valence-electron chi connectivity index (χ4n) is 1.75. The third-order valence-electron chi connectivity index (χ3n) is 2.48. The predicted molar refractivity (Wildman–Crippen MR) is 66.9 cm³/mol. The van der Waals surface area contributed by atoms with Crippen LogP contribution in [0, 0.1) is 6.92 Å². The molecule has 5 heteroatoms. The predicted octanol–water partition coefficient (Wildman–Crippen LogP) is 1.63. The van der Waals surface area contributed by atoms with Gasteiger partial charge in [-0.2, -0.15) is 0 Å². The first-order valence-electron chi connectivity index (χ1n) is 5.54. The lowest BCUT2D eigenvalue weighted by Gasteiger charge is -2.29. The maximum Gasteiger partial charge on any atom is 0.503 e. The highest BCUT2D eigenvalue weighted by atomic mass is 16.6. The van der Waals surface area contributed by atoms with Gasteiger partial charge in [0.25, 0.3) is 0 Å². The molecule has 1 heterocycles. The molecular formula is C12H18N2O3. The highest BCUT2D eigenvalue weighted by molar-refractivity contribution is 5.53. The van der Waals surface area contributed by atoms with Crippen LogP contribution in [-0.4, -0.2) is 42.5 Å². The molecule has 1 aromatic carbocycles. The van der Waals surface area contributed by atoms with Gasteiger partial charge in [0, 0.05) is 31.9 Å². The summed E-state index contributed by atoms with van der Waals surface area (Å²) < 4.78 is 0. The topological polar surface area (TPSA) is 72.8 Å². The van der Waals surface area contributed by atoms with Crippen LogP contribution in [-0.2, 0) is 0 Å². The second-order valence-electron chi connectivity index (χ2n) is 3.86. The number of rotatable bonds is 1. The Hall–Kier alpha value is -1.75. The summed E-state index contributed by atoms with van der Waals surface area (Å²) in [5.41, 5.74) is 2.71. The molecule has 1 aromatic rings. The summed E-state index contributed by atoms with van der Waals surface area (Å²) in [6.07, 6.45) is -1.83. The van der Waals surface area contributed by atoms with Crippen molar-refractivity contribution in [2.24, 2.45) is 0 Å². The van der Waals surface area contributed by atoms with Crippen molar-refractivity contribution in [3.8, 4) is 0 Å². The van der Waals surface area contributed by atoms with E-state index >= 15 is 0 Å². The molecular weight excluding hydrogens is 220 g/mol. The van der Waals surface area contributed by atoms with Crippen LogP contribution in [0.3, 0.4) is 0 Å². The van der Waals surface area contributed by atoms with Gasteiger partial charge in [-0.05, 0) is 24.6 Å². The minimum atomic E-state index is -1.83. The lowest BCUT2D eigenvalue weighted by molar-refractivity contribution is 0.137. The third kappa shape index (κ3) is 5.21. The molecule has 0 unspecified atom stereocenters. The smallest absolute Gasteiger partial charge is 0.450 e. The molecule has 0 bridgehead atoms. The van der Waals surface area contributed by atoms with Crippen molar-refractivity contribution in [2.75, 3.05) is 31.1 Å². The zero-order chi connectivity index (χ0) is 12.7. The summed E-state index contributed by atoms with van der Waals surface area (Å²) in [6.45, 7) is 6.61. The molecule has 0 atom stereocenters. The Labute approximate surface area is 101 Å². The first-order valence-corrected chi connectivity index (χ1v) is 5.54. The van der Waals surface area contributed by atoms with Crippen molar-refractivity contribution in [2.45, 2.75) is 6.92 Å². The second kappa shape index (κ2) is 6.75. The summed E-state index contributed by atoms with van der Waals surface area (Å²) in [5.74, 6) is 0. The van der Waals surface area contributed by atoms with E-state index in [-0.39, 0.29) is 0 Å². The van der Waals surface area contributed by atoms with Crippen LogP contribution in [0.5, 0.6) is 0 Å². The number of nitrogens with one attached hydrogen (secondary N) is 1. The molecule has 1 saturated heterocycles. The van der Waals surface area contributed by atoms with Crippen molar-refractivity contribution in [3.05, 3.63) is 29.8 Å². The summed E-state index contributed by atoms with van der Waals surface area (Å²) in [5, 5.41) is 17.3. The highest BCUT2D eigenvalue weighted by Crippen LogP contribution is 2.15. The average molecular weight is 238 g/mol. The average Bonchev–Trinajstić information content (AvgIpc) is 2.29. The van der Waals surface area contributed by atoms with Crippen LogP contribution in [0.25, 0.3) is 0 Å². The number of piperazine rings is 1. The highest BCUT2D eigenvalue weighted by Gasteiger charge is 2.09. The molecule has 0 aliphatic carbocycles. The maximum atomic E-state index is 8.56. The maximum absolute atomic E-state index is 8.56. The molecule has 1 aliphatic heterocycles. The van der Waals surface area contributed by atoms with E-state index in [1.54, 1.807) is 0 Å². The van der Waals surface area contributed by atoms with Crippen molar-refractivity contribution in [1.82, 2.24) is 5.32 Å². The second-order valence-corrected chi connectivity index (χ2v) is 3.86. The number of benzene rings is 1. The van der Waals surface area contributed by atoms with Gasteiger partial charge in [-0.25, -0.2) is 4.79 Å².